The number of methoxy groups -OCH3 is 1. The van der Waals surface area contributed by atoms with Crippen LogP contribution in [0.5, 0.6) is 5.75 Å². The monoisotopic (exact) mass is 416 g/mol. The number of nitrogens with zero attached hydrogens (tertiary/aromatic N) is 1. The number of sulfonamides is 1. The van der Waals surface area contributed by atoms with Gasteiger partial charge in [-0.3, -0.25) is 4.79 Å². The molecule has 1 saturated heterocycles. The summed E-state index contributed by atoms with van der Waals surface area (Å²) in [5.41, 5.74) is 1.48. The number of amides is 1. The van der Waals surface area contributed by atoms with Crippen LogP contribution in [-0.4, -0.2) is 45.4 Å². The van der Waals surface area contributed by atoms with Gasteiger partial charge in [0.1, 0.15) is 10.6 Å². The molecule has 0 spiro atoms. The van der Waals surface area contributed by atoms with Gasteiger partial charge in [-0.1, -0.05) is 37.3 Å². The first-order valence-corrected chi connectivity index (χ1v) is 11.4. The molecular formula is C22H28N2O4S. The van der Waals surface area contributed by atoms with Crippen molar-refractivity contribution >= 4 is 15.9 Å². The maximum Gasteiger partial charge on any atom is 0.251 e. The lowest BCUT2D eigenvalue weighted by molar-refractivity contribution is 0.0950. The van der Waals surface area contributed by atoms with Gasteiger partial charge in [0.15, 0.2) is 0 Å². The molecule has 7 heteroatoms. The molecule has 1 unspecified atom stereocenters. The number of carbonyl (C=O) groups is 1. The van der Waals surface area contributed by atoms with Crippen molar-refractivity contribution in [2.75, 3.05) is 26.7 Å². The fraction of sp³-hybridized carbons (Fsp3) is 0.409. The normalized spacial score (nSPS) is 15.8. The zero-order chi connectivity index (χ0) is 20.9. The van der Waals surface area contributed by atoms with E-state index in [4.69, 9.17) is 4.74 Å². The van der Waals surface area contributed by atoms with Crippen molar-refractivity contribution in [1.82, 2.24) is 9.62 Å². The SMILES string of the molecule is CCC(CNC(=O)c1ccc(OC)c(S(=O)(=O)N2CCCC2)c1)c1ccccc1. The van der Waals surface area contributed by atoms with Crippen molar-refractivity contribution in [3.8, 4) is 5.75 Å². The van der Waals surface area contributed by atoms with Gasteiger partial charge in [-0.2, -0.15) is 4.31 Å². The van der Waals surface area contributed by atoms with Crippen molar-refractivity contribution in [3.63, 3.8) is 0 Å². The standard InChI is InChI=1S/C22H28N2O4S/c1-3-17(18-9-5-4-6-10-18)16-23-22(25)19-11-12-20(28-2)21(15-19)29(26,27)24-13-7-8-14-24/h4-6,9-12,15,17H,3,7-8,13-14,16H2,1-2H3,(H,23,25). The Labute approximate surface area is 172 Å². The van der Waals surface area contributed by atoms with E-state index in [1.54, 1.807) is 12.1 Å². The number of rotatable bonds is 8. The van der Waals surface area contributed by atoms with Crippen molar-refractivity contribution in [2.24, 2.45) is 0 Å². The third-order valence-electron chi connectivity index (χ3n) is 5.38. The van der Waals surface area contributed by atoms with Crippen LogP contribution in [0.2, 0.25) is 0 Å². The summed E-state index contributed by atoms with van der Waals surface area (Å²) in [6.45, 7) is 3.56. The summed E-state index contributed by atoms with van der Waals surface area (Å²) >= 11 is 0. The lowest BCUT2D eigenvalue weighted by Crippen LogP contribution is -2.30. The summed E-state index contributed by atoms with van der Waals surface area (Å²) < 4.78 is 32.7. The Bertz CT molecular complexity index is 939. The van der Waals surface area contributed by atoms with Crippen LogP contribution in [0.4, 0.5) is 0 Å². The lowest BCUT2D eigenvalue weighted by Gasteiger charge is -2.19. The molecule has 0 saturated carbocycles. The number of ether oxygens (including phenoxy) is 1. The van der Waals surface area contributed by atoms with Crippen LogP contribution in [0.25, 0.3) is 0 Å². The summed E-state index contributed by atoms with van der Waals surface area (Å²) in [4.78, 5) is 12.8. The summed E-state index contributed by atoms with van der Waals surface area (Å²) in [5, 5.41) is 2.95. The highest BCUT2D eigenvalue weighted by Gasteiger charge is 2.30. The molecule has 29 heavy (non-hydrogen) atoms. The summed E-state index contributed by atoms with van der Waals surface area (Å²) in [6, 6.07) is 14.6. The molecule has 1 fully saturated rings. The van der Waals surface area contributed by atoms with Gasteiger partial charge in [-0.15, -0.1) is 0 Å². The Morgan fingerprint density at radius 3 is 2.45 bits per heavy atom. The third-order valence-corrected chi connectivity index (χ3v) is 7.30. The summed E-state index contributed by atoms with van der Waals surface area (Å²) in [7, 11) is -2.25. The number of hydrogen-bond acceptors (Lipinski definition) is 4. The fourth-order valence-corrected chi connectivity index (χ4v) is 5.33. The van der Waals surface area contributed by atoms with Gasteiger partial charge in [0.25, 0.3) is 5.91 Å². The van der Waals surface area contributed by atoms with E-state index >= 15 is 0 Å². The van der Waals surface area contributed by atoms with E-state index in [2.05, 4.69) is 24.4 Å². The molecule has 0 aromatic heterocycles. The molecule has 2 aromatic carbocycles. The molecule has 1 aliphatic rings. The second kappa shape index (κ2) is 9.41. The molecule has 0 bridgehead atoms. The average Bonchev–Trinajstić information content (AvgIpc) is 3.30. The zero-order valence-corrected chi connectivity index (χ0v) is 17.7. The Balaban J connectivity index is 1.79. The number of hydrogen-bond donors (Lipinski definition) is 1. The number of carbonyl (C=O) groups excluding carboxylic acids is 1. The van der Waals surface area contributed by atoms with Crippen molar-refractivity contribution < 1.29 is 17.9 Å². The molecule has 6 nitrogen and oxygen atoms in total. The topological polar surface area (TPSA) is 75.7 Å². The molecule has 1 heterocycles. The predicted molar refractivity (Wildman–Crippen MR) is 113 cm³/mol. The maximum atomic E-state index is 13.0. The lowest BCUT2D eigenvalue weighted by atomic mass is 9.96. The van der Waals surface area contributed by atoms with Gasteiger partial charge in [-0.25, -0.2) is 8.42 Å². The van der Waals surface area contributed by atoms with Crippen LogP contribution in [0.3, 0.4) is 0 Å². The van der Waals surface area contributed by atoms with Gasteiger partial charge in [0, 0.05) is 31.1 Å². The quantitative estimate of drug-likeness (QED) is 0.716. The maximum absolute atomic E-state index is 13.0. The smallest absolute Gasteiger partial charge is 0.251 e. The molecule has 0 aliphatic carbocycles. The molecule has 156 valence electrons. The van der Waals surface area contributed by atoms with E-state index in [-0.39, 0.29) is 22.5 Å². The molecule has 1 amide bonds. The van der Waals surface area contributed by atoms with E-state index in [1.165, 1.54) is 23.0 Å². The minimum atomic E-state index is -3.69. The number of benzene rings is 2. The average molecular weight is 417 g/mol. The van der Waals surface area contributed by atoms with Crippen molar-refractivity contribution in [3.05, 3.63) is 59.7 Å². The highest BCUT2D eigenvalue weighted by molar-refractivity contribution is 7.89. The van der Waals surface area contributed by atoms with E-state index in [1.807, 2.05) is 18.2 Å². The first-order valence-electron chi connectivity index (χ1n) is 9.98. The molecule has 3 rings (SSSR count). The van der Waals surface area contributed by atoms with Crippen LogP contribution >= 0.6 is 0 Å². The molecule has 1 N–H and O–H groups in total. The van der Waals surface area contributed by atoms with E-state index < -0.39 is 10.0 Å². The molecule has 1 atom stereocenters. The van der Waals surface area contributed by atoms with Crippen LogP contribution in [0.1, 0.15) is 48.0 Å². The zero-order valence-electron chi connectivity index (χ0n) is 16.9. The molecular weight excluding hydrogens is 388 g/mol. The van der Waals surface area contributed by atoms with Crippen LogP contribution in [0, 0.1) is 0 Å². The third kappa shape index (κ3) is 4.79. The van der Waals surface area contributed by atoms with E-state index in [0.29, 0.717) is 25.2 Å². The number of nitrogens with one attached hydrogen (secondary N) is 1. The van der Waals surface area contributed by atoms with Crippen molar-refractivity contribution in [2.45, 2.75) is 37.0 Å². The molecule has 2 aromatic rings. The summed E-state index contributed by atoms with van der Waals surface area (Å²) in [6.07, 6.45) is 2.58. The minimum absolute atomic E-state index is 0.0460. The van der Waals surface area contributed by atoms with Gasteiger partial charge in [-0.05, 0) is 43.0 Å². The van der Waals surface area contributed by atoms with E-state index in [9.17, 15) is 13.2 Å². The van der Waals surface area contributed by atoms with Crippen LogP contribution in [0.15, 0.2) is 53.4 Å². The van der Waals surface area contributed by atoms with Gasteiger partial charge in [0.2, 0.25) is 10.0 Å². The van der Waals surface area contributed by atoms with Gasteiger partial charge >= 0.3 is 0 Å². The highest BCUT2D eigenvalue weighted by atomic mass is 32.2. The first-order chi connectivity index (χ1) is 14.0. The largest absolute Gasteiger partial charge is 0.495 e. The highest BCUT2D eigenvalue weighted by Crippen LogP contribution is 2.30. The van der Waals surface area contributed by atoms with Gasteiger partial charge < -0.3 is 10.1 Å². The Hall–Kier alpha value is -2.38. The first kappa shape index (κ1) is 21.3. The fourth-order valence-electron chi connectivity index (χ4n) is 3.63. The summed E-state index contributed by atoms with van der Waals surface area (Å²) in [5.74, 6) is 0.162. The minimum Gasteiger partial charge on any atom is -0.495 e. The molecule has 1 aliphatic heterocycles. The van der Waals surface area contributed by atoms with Crippen LogP contribution in [-0.2, 0) is 10.0 Å². The Morgan fingerprint density at radius 1 is 1.14 bits per heavy atom. The van der Waals surface area contributed by atoms with E-state index in [0.717, 1.165) is 19.3 Å². The predicted octanol–water partition coefficient (Wildman–Crippen LogP) is 3.40. The van der Waals surface area contributed by atoms with Crippen LogP contribution < -0.4 is 10.1 Å². The second-order valence-corrected chi connectivity index (χ2v) is 9.11. The second-order valence-electron chi connectivity index (χ2n) is 7.20. The van der Waals surface area contributed by atoms with Gasteiger partial charge in [0.05, 0.1) is 7.11 Å². The molecule has 0 radical (unpaired) electrons. The Morgan fingerprint density at radius 2 is 1.83 bits per heavy atom. The van der Waals surface area contributed by atoms with Crippen molar-refractivity contribution in [1.29, 1.82) is 0 Å². The Kier molecular flexibility index (Phi) is 6.92.